The molecule has 1 aromatic rings. The maximum absolute atomic E-state index is 12.4. The van der Waals surface area contributed by atoms with Crippen molar-refractivity contribution in [3.8, 4) is 0 Å². The topological polar surface area (TPSA) is 6.48 Å². The van der Waals surface area contributed by atoms with Gasteiger partial charge < -0.3 is 0 Å². The Labute approximate surface area is 113 Å². The third-order valence-corrected chi connectivity index (χ3v) is 4.28. The van der Waals surface area contributed by atoms with E-state index in [0.717, 1.165) is 32.7 Å². The van der Waals surface area contributed by atoms with Gasteiger partial charge in [0.1, 0.15) is 0 Å². The molecule has 4 heteroatoms. The molecule has 0 bridgehead atoms. The Balaban J connectivity index is 1.51. The van der Waals surface area contributed by atoms with Gasteiger partial charge in [0.05, 0.1) is 6.54 Å². The van der Waals surface area contributed by atoms with Crippen molar-refractivity contribution in [3.05, 3.63) is 35.9 Å². The van der Waals surface area contributed by atoms with E-state index >= 15 is 0 Å². The van der Waals surface area contributed by atoms with Crippen molar-refractivity contribution >= 4 is 0 Å². The van der Waals surface area contributed by atoms with E-state index in [2.05, 4.69) is 29.2 Å². The van der Waals surface area contributed by atoms with Crippen molar-refractivity contribution in [2.45, 2.75) is 13.0 Å². The first-order valence-corrected chi connectivity index (χ1v) is 6.97. The summed E-state index contributed by atoms with van der Waals surface area (Å²) in [6, 6.07) is 10.5. The van der Waals surface area contributed by atoms with Gasteiger partial charge >= 0.3 is 0 Å². The van der Waals surface area contributed by atoms with Crippen LogP contribution in [0.4, 0.5) is 8.78 Å². The second-order valence-corrected chi connectivity index (χ2v) is 5.81. The largest absolute Gasteiger partial charge is 0.298 e. The Morgan fingerprint density at radius 3 is 2.11 bits per heavy atom. The van der Waals surface area contributed by atoms with Gasteiger partial charge in [0.15, 0.2) is 0 Å². The van der Waals surface area contributed by atoms with E-state index in [9.17, 15) is 8.78 Å². The third kappa shape index (κ3) is 3.12. The summed E-state index contributed by atoms with van der Waals surface area (Å²) in [5.74, 6) is 1.17. The van der Waals surface area contributed by atoms with Crippen LogP contribution in [-0.2, 0) is 6.54 Å². The van der Waals surface area contributed by atoms with Gasteiger partial charge in [-0.25, -0.2) is 8.78 Å². The molecular weight excluding hydrogens is 246 g/mol. The summed E-state index contributed by atoms with van der Waals surface area (Å²) in [6.45, 7) is 4.74. The number of likely N-dealkylation sites (tertiary alicyclic amines) is 2. The quantitative estimate of drug-likeness (QED) is 0.825. The number of alkyl halides is 2. The van der Waals surface area contributed by atoms with Gasteiger partial charge in [-0.3, -0.25) is 9.80 Å². The highest BCUT2D eigenvalue weighted by molar-refractivity contribution is 5.14. The van der Waals surface area contributed by atoms with Crippen LogP contribution < -0.4 is 0 Å². The molecule has 0 aromatic heterocycles. The summed E-state index contributed by atoms with van der Waals surface area (Å²) in [6.07, 6.45) is -2.20. The van der Waals surface area contributed by atoms with Crippen LogP contribution in [0.15, 0.2) is 30.3 Å². The molecule has 3 rings (SSSR count). The summed E-state index contributed by atoms with van der Waals surface area (Å²) >= 11 is 0. The van der Waals surface area contributed by atoms with Gasteiger partial charge in [-0.1, -0.05) is 30.3 Å². The summed E-state index contributed by atoms with van der Waals surface area (Å²) in [7, 11) is 0. The average molecular weight is 266 g/mol. The minimum atomic E-state index is -2.20. The van der Waals surface area contributed by atoms with Gasteiger partial charge in [-0.2, -0.15) is 0 Å². The molecule has 0 aliphatic carbocycles. The van der Waals surface area contributed by atoms with Gasteiger partial charge in [0.25, 0.3) is 6.43 Å². The fourth-order valence-electron chi connectivity index (χ4n) is 3.50. The number of rotatable bonds is 4. The smallest absolute Gasteiger partial charge is 0.251 e. The first kappa shape index (κ1) is 13.0. The van der Waals surface area contributed by atoms with Crippen LogP contribution in [0.25, 0.3) is 0 Å². The fourth-order valence-corrected chi connectivity index (χ4v) is 3.50. The lowest BCUT2D eigenvalue weighted by molar-refractivity contribution is 0.0935. The first-order chi connectivity index (χ1) is 9.20. The summed E-state index contributed by atoms with van der Waals surface area (Å²) < 4.78 is 24.7. The molecular formula is C15H20F2N2. The second-order valence-electron chi connectivity index (χ2n) is 5.81. The lowest BCUT2D eigenvalue weighted by Crippen LogP contribution is -2.31. The molecule has 1 aromatic carbocycles. The van der Waals surface area contributed by atoms with Crippen LogP contribution in [0.2, 0.25) is 0 Å². The van der Waals surface area contributed by atoms with E-state index in [1.54, 1.807) is 0 Å². The number of nitrogens with zero attached hydrogens (tertiary/aromatic N) is 2. The molecule has 0 unspecified atom stereocenters. The number of fused-ring (bicyclic) bond motifs is 1. The number of hydrogen-bond acceptors (Lipinski definition) is 2. The maximum atomic E-state index is 12.4. The molecule has 0 spiro atoms. The molecule has 0 radical (unpaired) electrons. The number of benzene rings is 1. The van der Waals surface area contributed by atoms with Gasteiger partial charge in [0, 0.05) is 32.7 Å². The third-order valence-electron chi connectivity index (χ3n) is 4.28. The van der Waals surface area contributed by atoms with Crippen LogP contribution in [0.1, 0.15) is 5.56 Å². The predicted molar refractivity (Wildman–Crippen MR) is 71.1 cm³/mol. The highest BCUT2D eigenvalue weighted by Crippen LogP contribution is 2.32. The summed E-state index contributed by atoms with van der Waals surface area (Å²) in [5.41, 5.74) is 1.34. The zero-order valence-corrected chi connectivity index (χ0v) is 11.0. The highest BCUT2D eigenvalue weighted by atomic mass is 19.3. The Morgan fingerprint density at radius 1 is 0.947 bits per heavy atom. The number of halogens is 2. The minimum Gasteiger partial charge on any atom is -0.298 e. The summed E-state index contributed by atoms with van der Waals surface area (Å²) in [5, 5.41) is 0. The number of hydrogen-bond donors (Lipinski definition) is 0. The Bertz CT molecular complexity index is 396. The molecule has 2 saturated heterocycles. The molecule has 2 nitrogen and oxygen atoms in total. The zero-order valence-electron chi connectivity index (χ0n) is 11.0. The summed E-state index contributed by atoms with van der Waals surface area (Å²) in [4.78, 5) is 4.39. The molecule has 2 atom stereocenters. The normalized spacial score (nSPS) is 28.2. The molecule has 2 fully saturated rings. The standard InChI is InChI=1S/C15H20F2N2/c16-15(17)11-19-9-13-7-18(8-14(13)10-19)6-12-4-2-1-3-5-12/h1-5,13-15H,6-11H2/t13-,14+. The van der Waals surface area contributed by atoms with E-state index < -0.39 is 6.43 Å². The lowest BCUT2D eigenvalue weighted by atomic mass is 10.0. The molecule has 2 aliphatic heterocycles. The Morgan fingerprint density at radius 2 is 1.53 bits per heavy atom. The van der Waals surface area contributed by atoms with Crippen molar-refractivity contribution < 1.29 is 8.78 Å². The van der Waals surface area contributed by atoms with Gasteiger partial charge in [-0.05, 0) is 17.4 Å². The van der Waals surface area contributed by atoms with E-state index in [1.165, 1.54) is 5.56 Å². The Hall–Kier alpha value is -1.00. The first-order valence-electron chi connectivity index (χ1n) is 6.97. The van der Waals surface area contributed by atoms with E-state index in [1.807, 2.05) is 11.0 Å². The van der Waals surface area contributed by atoms with Crippen LogP contribution in [0.5, 0.6) is 0 Å². The van der Waals surface area contributed by atoms with Gasteiger partial charge in [-0.15, -0.1) is 0 Å². The Kier molecular flexibility index (Phi) is 3.80. The zero-order chi connectivity index (χ0) is 13.2. The molecule has 2 aliphatic rings. The van der Waals surface area contributed by atoms with Crippen molar-refractivity contribution in [1.82, 2.24) is 9.80 Å². The SMILES string of the molecule is FC(F)CN1C[C@H]2CN(Cc3ccccc3)C[C@H]2C1. The molecule has 104 valence electrons. The van der Waals surface area contributed by atoms with Crippen LogP contribution >= 0.6 is 0 Å². The van der Waals surface area contributed by atoms with Crippen molar-refractivity contribution in [2.75, 3.05) is 32.7 Å². The molecule has 2 heterocycles. The van der Waals surface area contributed by atoms with Crippen molar-refractivity contribution in [2.24, 2.45) is 11.8 Å². The van der Waals surface area contributed by atoms with E-state index in [4.69, 9.17) is 0 Å². The van der Waals surface area contributed by atoms with Crippen LogP contribution in [0, 0.1) is 11.8 Å². The van der Waals surface area contributed by atoms with Crippen LogP contribution in [0.3, 0.4) is 0 Å². The average Bonchev–Trinajstić information content (AvgIpc) is 2.87. The second kappa shape index (κ2) is 5.55. The van der Waals surface area contributed by atoms with Crippen molar-refractivity contribution in [3.63, 3.8) is 0 Å². The molecule has 19 heavy (non-hydrogen) atoms. The maximum Gasteiger partial charge on any atom is 0.251 e. The fraction of sp³-hybridized carbons (Fsp3) is 0.600. The minimum absolute atomic E-state index is 0.0499. The molecule has 0 saturated carbocycles. The monoisotopic (exact) mass is 266 g/mol. The van der Waals surface area contributed by atoms with Gasteiger partial charge in [0.2, 0.25) is 0 Å². The van der Waals surface area contributed by atoms with E-state index in [0.29, 0.717) is 11.8 Å². The van der Waals surface area contributed by atoms with Crippen LogP contribution in [-0.4, -0.2) is 48.9 Å². The van der Waals surface area contributed by atoms with E-state index in [-0.39, 0.29) is 6.54 Å². The molecule has 0 N–H and O–H groups in total. The lowest BCUT2D eigenvalue weighted by Gasteiger charge is -2.21. The molecule has 0 amide bonds. The highest BCUT2D eigenvalue weighted by Gasteiger charge is 2.40. The predicted octanol–water partition coefficient (Wildman–Crippen LogP) is 2.32. The van der Waals surface area contributed by atoms with Crippen molar-refractivity contribution in [1.29, 1.82) is 0 Å².